The summed E-state index contributed by atoms with van der Waals surface area (Å²) in [5.41, 5.74) is -0.154. The van der Waals surface area contributed by atoms with E-state index in [1.807, 2.05) is 0 Å². The van der Waals surface area contributed by atoms with Crippen LogP contribution < -0.4 is 4.74 Å². The Labute approximate surface area is 103 Å². The lowest BCUT2D eigenvalue weighted by Crippen LogP contribution is -2.29. The summed E-state index contributed by atoms with van der Waals surface area (Å²) in [4.78, 5) is 24.1. The van der Waals surface area contributed by atoms with Crippen LogP contribution in [0.2, 0.25) is 0 Å². The SMILES string of the molecule is CN1CCC(Oc2cc(F)ccc2C(=O)O)C1=O. The van der Waals surface area contributed by atoms with Gasteiger partial charge < -0.3 is 14.7 Å². The van der Waals surface area contributed by atoms with Crippen LogP contribution in [0, 0.1) is 5.82 Å². The number of rotatable bonds is 3. The molecule has 96 valence electrons. The Morgan fingerprint density at radius 1 is 1.56 bits per heavy atom. The molecule has 6 heteroatoms. The Morgan fingerprint density at radius 2 is 2.28 bits per heavy atom. The molecule has 1 aromatic carbocycles. The van der Waals surface area contributed by atoms with E-state index in [9.17, 15) is 14.0 Å². The van der Waals surface area contributed by atoms with Gasteiger partial charge in [-0.2, -0.15) is 0 Å². The summed E-state index contributed by atoms with van der Waals surface area (Å²) in [5, 5.41) is 8.95. The summed E-state index contributed by atoms with van der Waals surface area (Å²) >= 11 is 0. The highest BCUT2D eigenvalue weighted by Gasteiger charge is 2.31. The first-order chi connectivity index (χ1) is 8.49. The molecule has 1 aliphatic heterocycles. The van der Waals surface area contributed by atoms with Crippen molar-refractivity contribution in [2.45, 2.75) is 12.5 Å². The summed E-state index contributed by atoms with van der Waals surface area (Å²) in [6, 6.07) is 3.14. The number of benzene rings is 1. The van der Waals surface area contributed by atoms with Crippen LogP contribution in [0.3, 0.4) is 0 Å². The highest BCUT2D eigenvalue weighted by Crippen LogP contribution is 2.24. The van der Waals surface area contributed by atoms with Crippen molar-refractivity contribution in [2.24, 2.45) is 0 Å². The molecule has 0 radical (unpaired) electrons. The van der Waals surface area contributed by atoms with Gasteiger partial charge in [-0.1, -0.05) is 0 Å². The molecule has 0 aliphatic carbocycles. The van der Waals surface area contributed by atoms with Crippen LogP contribution in [-0.2, 0) is 4.79 Å². The summed E-state index contributed by atoms with van der Waals surface area (Å²) in [6.45, 7) is 0.543. The monoisotopic (exact) mass is 253 g/mol. The highest BCUT2D eigenvalue weighted by molar-refractivity contribution is 5.91. The molecule has 1 saturated heterocycles. The van der Waals surface area contributed by atoms with Crippen molar-refractivity contribution in [3.8, 4) is 5.75 Å². The van der Waals surface area contributed by atoms with Crippen molar-refractivity contribution in [1.82, 2.24) is 4.90 Å². The van der Waals surface area contributed by atoms with E-state index in [4.69, 9.17) is 9.84 Å². The summed E-state index contributed by atoms with van der Waals surface area (Å²) in [6.07, 6.45) is -0.278. The van der Waals surface area contributed by atoms with Crippen LogP contribution in [0.15, 0.2) is 18.2 Å². The molecule has 5 nitrogen and oxygen atoms in total. The molecule has 0 saturated carbocycles. The minimum absolute atomic E-state index is 0.115. The number of aromatic carboxylic acids is 1. The van der Waals surface area contributed by atoms with Gasteiger partial charge in [0.25, 0.3) is 5.91 Å². The first-order valence-electron chi connectivity index (χ1n) is 5.43. The van der Waals surface area contributed by atoms with Gasteiger partial charge in [0, 0.05) is 26.1 Å². The predicted octanol–water partition coefficient (Wildman–Crippen LogP) is 1.13. The molecular weight excluding hydrogens is 241 g/mol. The van der Waals surface area contributed by atoms with Gasteiger partial charge >= 0.3 is 5.97 Å². The molecule has 0 aromatic heterocycles. The first-order valence-corrected chi connectivity index (χ1v) is 5.43. The molecule has 18 heavy (non-hydrogen) atoms. The second kappa shape index (κ2) is 4.64. The third kappa shape index (κ3) is 2.27. The third-order valence-corrected chi connectivity index (χ3v) is 2.82. The number of hydrogen-bond acceptors (Lipinski definition) is 3. The molecule has 1 amide bonds. The van der Waals surface area contributed by atoms with E-state index in [1.165, 1.54) is 4.90 Å². The van der Waals surface area contributed by atoms with Crippen LogP contribution in [0.5, 0.6) is 5.75 Å². The zero-order valence-corrected chi connectivity index (χ0v) is 9.72. The number of carboxylic acid groups (broad SMARTS) is 1. The van der Waals surface area contributed by atoms with E-state index in [0.717, 1.165) is 18.2 Å². The number of halogens is 1. The van der Waals surface area contributed by atoms with E-state index in [-0.39, 0.29) is 17.2 Å². The lowest BCUT2D eigenvalue weighted by molar-refractivity contribution is -0.132. The molecule has 0 bridgehead atoms. The molecule has 1 unspecified atom stereocenters. The predicted molar refractivity (Wildman–Crippen MR) is 60.0 cm³/mol. The van der Waals surface area contributed by atoms with Crippen molar-refractivity contribution in [3.63, 3.8) is 0 Å². The highest BCUT2D eigenvalue weighted by atomic mass is 19.1. The first kappa shape index (κ1) is 12.3. The normalized spacial score (nSPS) is 19.1. The average Bonchev–Trinajstić information content (AvgIpc) is 2.61. The topological polar surface area (TPSA) is 66.8 Å². The second-order valence-electron chi connectivity index (χ2n) is 4.10. The average molecular weight is 253 g/mol. The van der Waals surface area contributed by atoms with Gasteiger partial charge in [-0.3, -0.25) is 4.79 Å². The fraction of sp³-hybridized carbons (Fsp3) is 0.333. The number of carbonyl (C=O) groups is 2. The van der Waals surface area contributed by atoms with Crippen LogP contribution in [0.4, 0.5) is 4.39 Å². The van der Waals surface area contributed by atoms with Gasteiger partial charge in [-0.25, -0.2) is 9.18 Å². The minimum atomic E-state index is -1.22. The Morgan fingerprint density at radius 3 is 2.83 bits per heavy atom. The standard InChI is InChI=1S/C12H12FNO4/c1-14-5-4-9(11(14)15)18-10-6-7(13)2-3-8(10)12(16)17/h2-3,6,9H,4-5H2,1H3,(H,16,17). The smallest absolute Gasteiger partial charge is 0.339 e. The van der Waals surface area contributed by atoms with Gasteiger partial charge in [0.2, 0.25) is 0 Å². The van der Waals surface area contributed by atoms with Gasteiger partial charge in [0.05, 0.1) is 0 Å². The van der Waals surface area contributed by atoms with Crippen LogP contribution in [0.1, 0.15) is 16.8 Å². The van der Waals surface area contributed by atoms with Crippen LogP contribution >= 0.6 is 0 Å². The van der Waals surface area contributed by atoms with E-state index in [2.05, 4.69) is 0 Å². The van der Waals surface area contributed by atoms with E-state index >= 15 is 0 Å². The fourth-order valence-electron chi connectivity index (χ4n) is 1.82. The van der Waals surface area contributed by atoms with Crippen molar-refractivity contribution in [1.29, 1.82) is 0 Å². The van der Waals surface area contributed by atoms with Crippen molar-refractivity contribution in [3.05, 3.63) is 29.6 Å². The maximum atomic E-state index is 13.1. The van der Waals surface area contributed by atoms with Gasteiger partial charge in [-0.05, 0) is 12.1 Å². The minimum Gasteiger partial charge on any atom is -0.480 e. The van der Waals surface area contributed by atoms with Gasteiger partial charge in [0.1, 0.15) is 17.1 Å². The number of amides is 1. The zero-order chi connectivity index (χ0) is 13.3. The summed E-state index contributed by atoms with van der Waals surface area (Å²) < 4.78 is 18.4. The Kier molecular flexibility index (Phi) is 3.18. The van der Waals surface area contributed by atoms with E-state index in [0.29, 0.717) is 13.0 Å². The molecule has 1 atom stereocenters. The number of likely N-dealkylation sites (N-methyl/N-ethyl adjacent to an activating group) is 1. The Hall–Kier alpha value is -2.11. The largest absolute Gasteiger partial charge is 0.480 e. The molecule has 1 aliphatic rings. The second-order valence-corrected chi connectivity index (χ2v) is 4.10. The van der Waals surface area contributed by atoms with Crippen molar-refractivity contribution < 1.29 is 23.8 Å². The zero-order valence-electron chi connectivity index (χ0n) is 9.72. The summed E-state index contributed by atoms with van der Waals surface area (Å²) in [5.74, 6) is -2.16. The van der Waals surface area contributed by atoms with Crippen LogP contribution in [-0.4, -0.2) is 41.6 Å². The Bertz CT molecular complexity index is 503. The number of likely N-dealkylation sites (tertiary alicyclic amines) is 1. The van der Waals surface area contributed by atoms with E-state index < -0.39 is 17.9 Å². The number of hydrogen-bond donors (Lipinski definition) is 1. The van der Waals surface area contributed by atoms with Gasteiger partial charge in [0.15, 0.2) is 6.10 Å². The quantitative estimate of drug-likeness (QED) is 0.877. The number of carbonyl (C=O) groups excluding carboxylic acids is 1. The number of ether oxygens (including phenoxy) is 1. The number of nitrogens with zero attached hydrogens (tertiary/aromatic N) is 1. The molecule has 1 fully saturated rings. The lowest BCUT2D eigenvalue weighted by atomic mass is 10.2. The number of carboxylic acids is 1. The fourth-order valence-corrected chi connectivity index (χ4v) is 1.82. The third-order valence-electron chi connectivity index (χ3n) is 2.82. The summed E-state index contributed by atoms with van der Waals surface area (Å²) in [7, 11) is 1.63. The molecule has 1 heterocycles. The van der Waals surface area contributed by atoms with Crippen LogP contribution in [0.25, 0.3) is 0 Å². The van der Waals surface area contributed by atoms with Crippen molar-refractivity contribution >= 4 is 11.9 Å². The van der Waals surface area contributed by atoms with Crippen molar-refractivity contribution in [2.75, 3.05) is 13.6 Å². The van der Waals surface area contributed by atoms with Gasteiger partial charge in [-0.15, -0.1) is 0 Å². The lowest BCUT2D eigenvalue weighted by Gasteiger charge is -2.14. The molecule has 1 aromatic rings. The maximum absolute atomic E-state index is 13.1. The molecule has 1 N–H and O–H groups in total. The molecule has 2 rings (SSSR count). The Balaban J connectivity index is 2.25. The maximum Gasteiger partial charge on any atom is 0.339 e. The molecular formula is C12H12FNO4. The molecule has 0 spiro atoms. The van der Waals surface area contributed by atoms with E-state index in [1.54, 1.807) is 7.05 Å².